The molecule has 1 aromatic rings. The highest BCUT2D eigenvalue weighted by atomic mass is 35.5. The number of ether oxygens (including phenoxy) is 1. The number of aromatic nitrogens is 2. The summed E-state index contributed by atoms with van der Waals surface area (Å²) < 4.78 is 5.24. The second-order valence-electron chi connectivity index (χ2n) is 6.53. The minimum absolute atomic E-state index is 0.349. The number of hydrogen-bond acceptors (Lipinski definition) is 5. The summed E-state index contributed by atoms with van der Waals surface area (Å²) in [6.45, 7) is 8.03. The second kappa shape index (κ2) is 7.13. The maximum atomic E-state index is 11.6. The molecular formula is C15H23ClN4O2. The number of alkyl carbamates (subject to hydrolysis) is 1. The molecule has 0 radical (unpaired) electrons. The van der Waals surface area contributed by atoms with Crippen molar-refractivity contribution in [2.75, 3.05) is 24.5 Å². The van der Waals surface area contributed by atoms with Gasteiger partial charge in [-0.3, -0.25) is 0 Å². The Bertz CT molecular complexity index is 493. The Hall–Kier alpha value is -1.56. The number of nitrogens with zero attached hydrogens (tertiary/aromatic N) is 3. The molecule has 1 amide bonds. The molecule has 122 valence electrons. The number of halogens is 1. The van der Waals surface area contributed by atoms with Gasteiger partial charge in [0, 0.05) is 19.6 Å². The summed E-state index contributed by atoms with van der Waals surface area (Å²) in [6.07, 6.45) is 1.65. The summed E-state index contributed by atoms with van der Waals surface area (Å²) in [7, 11) is 0. The molecule has 7 heteroatoms. The van der Waals surface area contributed by atoms with E-state index in [1.807, 2.05) is 26.8 Å². The van der Waals surface area contributed by atoms with Crippen LogP contribution in [0.1, 0.15) is 33.6 Å². The lowest BCUT2D eigenvalue weighted by molar-refractivity contribution is 0.0517. The molecule has 6 nitrogen and oxygen atoms in total. The van der Waals surface area contributed by atoms with Crippen molar-refractivity contribution in [2.45, 2.75) is 39.2 Å². The smallest absolute Gasteiger partial charge is 0.407 e. The molecule has 22 heavy (non-hydrogen) atoms. The molecule has 0 atom stereocenters. The Kier molecular flexibility index (Phi) is 5.45. The molecule has 1 N–H and O–H groups in total. The highest BCUT2D eigenvalue weighted by Gasteiger charge is 2.22. The fourth-order valence-electron chi connectivity index (χ4n) is 2.39. The van der Waals surface area contributed by atoms with Gasteiger partial charge in [0.15, 0.2) is 11.0 Å². The predicted octanol–water partition coefficient (Wildman–Crippen LogP) is 2.87. The number of anilines is 1. The Morgan fingerprint density at radius 2 is 2.05 bits per heavy atom. The summed E-state index contributed by atoms with van der Waals surface area (Å²) in [6, 6.07) is 3.63. The van der Waals surface area contributed by atoms with Crippen molar-refractivity contribution in [1.29, 1.82) is 0 Å². The summed E-state index contributed by atoms with van der Waals surface area (Å²) in [5, 5.41) is 11.2. The van der Waals surface area contributed by atoms with Gasteiger partial charge in [-0.15, -0.1) is 10.2 Å². The van der Waals surface area contributed by atoms with Gasteiger partial charge in [0.25, 0.3) is 0 Å². The molecule has 1 aromatic heterocycles. The first-order valence-electron chi connectivity index (χ1n) is 7.54. The van der Waals surface area contributed by atoms with Crippen LogP contribution in [0.25, 0.3) is 0 Å². The SMILES string of the molecule is CC(C)(C)OC(=O)NCC1CCN(c2ccc(Cl)nn2)CC1. The van der Waals surface area contributed by atoms with Crippen molar-refractivity contribution >= 4 is 23.5 Å². The highest BCUT2D eigenvalue weighted by molar-refractivity contribution is 6.29. The first-order chi connectivity index (χ1) is 10.3. The van der Waals surface area contributed by atoms with E-state index >= 15 is 0 Å². The Morgan fingerprint density at radius 1 is 1.36 bits per heavy atom. The van der Waals surface area contributed by atoms with Crippen molar-refractivity contribution in [2.24, 2.45) is 5.92 Å². The van der Waals surface area contributed by atoms with Crippen molar-refractivity contribution in [1.82, 2.24) is 15.5 Å². The molecule has 0 unspecified atom stereocenters. The Labute approximate surface area is 136 Å². The molecule has 1 aliphatic rings. The lowest BCUT2D eigenvalue weighted by Gasteiger charge is -2.32. The molecule has 2 heterocycles. The third-order valence-electron chi connectivity index (χ3n) is 3.49. The standard InChI is InChI=1S/C15H23ClN4O2/c1-15(2,3)22-14(21)17-10-11-6-8-20(9-7-11)13-5-4-12(16)18-19-13/h4-5,11H,6-10H2,1-3H3,(H,17,21). The molecule has 0 aliphatic carbocycles. The zero-order valence-electron chi connectivity index (χ0n) is 13.3. The minimum Gasteiger partial charge on any atom is -0.444 e. The molecule has 1 aliphatic heterocycles. The lowest BCUT2D eigenvalue weighted by Crippen LogP contribution is -2.40. The minimum atomic E-state index is -0.458. The van der Waals surface area contributed by atoms with Crippen LogP contribution >= 0.6 is 11.6 Å². The van der Waals surface area contributed by atoms with Gasteiger partial charge in [-0.2, -0.15) is 0 Å². The molecule has 0 aromatic carbocycles. The molecule has 0 bridgehead atoms. The van der Waals surface area contributed by atoms with Crippen LogP contribution in [0.5, 0.6) is 0 Å². The third-order valence-corrected chi connectivity index (χ3v) is 3.69. The normalized spacial score (nSPS) is 16.5. The van der Waals surface area contributed by atoms with Crippen LogP contribution in [0.15, 0.2) is 12.1 Å². The molecular weight excluding hydrogens is 304 g/mol. The summed E-state index contributed by atoms with van der Waals surface area (Å²) in [5.41, 5.74) is -0.458. The van der Waals surface area contributed by atoms with Gasteiger partial charge in [-0.1, -0.05) is 11.6 Å². The number of piperidine rings is 1. The van der Waals surface area contributed by atoms with Gasteiger partial charge in [-0.25, -0.2) is 4.79 Å². The van der Waals surface area contributed by atoms with Crippen LogP contribution in [0.2, 0.25) is 5.15 Å². The number of nitrogens with one attached hydrogen (secondary N) is 1. The van der Waals surface area contributed by atoms with E-state index < -0.39 is 5.60 Å². The number of hydrogen-bond donors (Lipinski definition) is 1. The van der Waals surface area contributed by atoms with Crippen molar-refractivity contribution < 1.29 is 9.53 Å². The topological polar surface area (TPSA) is 67.3 Å². The van der Waals surface area contributed by atoms with E-state index in [1.165, 1.54) is 0 Å². The largest absolute Gasteiger partial charge is 0.444 e. The summed E-state index contributed by atoms with van der Waals surface area (Å²) >= 11 is 5.75. The van der Waals surface area contributed by atoms with E-state index in [0.29, 0.717) is 17.6 Å². The van der Waals surface area contributed by atoms with E-state index in [2.05, 4.69) is 20.4 Å². The van der Waals surface area contributed by atoms with E-state index in [-0.39, 0.29) is 6.09 Å². The molecule has 0 spiro atoms. The summed E-state index contributed by atoms with van der Waals surface area (Å²) in [4.78, 5) is 13.8. The average Bonchev–Trinajstić information content (AvgIpc) is 2.45. The number of amides is 1. The van der Waals surface area contributed by atoms with Crippen LogP contribution in [0.3, 0.4) is 0 Å². The van der Waals surface area contributed by atoms with Crippen LogP contribution in [-0.4, -0.2) is 41.5 Å². The monoisotopic (exact) mass is 326 g/mol. The van der Waals surface area contributed by atoms with Gasteiger partial charge in [-0.05, 0) is 51.7 Å². The molecule has 2 rings (SSSR count). The summed E-state index contributed by atoms with van der Waals surface area (Å²) in [5.74, 6) is 1.31. The van der Waals surface area contributed by atoms with Gasteiger partial charge >= 0.3 is 6.09 Å². The first-order valence-corrected chi connectivity index (χ1v) is 7.92. The fraction of sp³-hybridized carbons (Fsp3) is 0.667. The molecule has 1 saturated heterocycles. The van der Waals surface area contributed by atoms with E-state index in [4.69, 9.17) is 16.3 Å². The molecule has 1 fully saturated rings. The van der Waals surface area contributed by atoms with Gasteiger partial charge < -0.3 is 15.0 Å². The predicted molar refractivity (Wildman–Crippen MR) is 86.2 cm³/mol. The van der Waals surface area contributed by atoms with Crippen LogP contribution < -0.4 is 10.2 Å². The number of carbonyl (C=O) groups is 1. The van der Waals surface area contributed by atoms with Crippen molar-refractivity contribution in [3.63, 3.8) is 0 Å². The van der Waals surface area contributed by atoms with Crippen molar-refractivity contribution in [3.8, 4) is 0 Å². The van der Waals surface area contributed by atoms with Crippen LogP contribution in [-0.2, 0) is 4.74 Å². The van der Waals surface area contributed by atoms with Gasteiger partial charge in [0.1, 0.15) is 5.60 Å². The van der Waals surface area contributed by atoms with E-state index in [0.717, 1.165) is 31.7 Å². The maximum absolute atomic E-state index is 11.6. The van der Waals surface area contributed by atoms with E-state index in [9.17, 15) is 4.79 Å². The van der Waals surface area contributed by atoms with Crippen LogP contribution in [0, 0.1) is 5.92 Å². The van der Waals surface area contributed by atoms with Crippen LogP contribution in [0.4, 0.5) is 10.6 Å². The lowest BCUT2D eigenvalue weighted by atomic mass is 9.97. The zero-order chi connectivity index (χ0) is 16.2. The average molecular weight is 327 g/mol. The second-order valence-corrected chi connectivity index (χ2v) is 6.91. The Morgan fingerprint density at radius 3 is 2.59 bits per heavy atom. The number of carbonyl (C=O) groups excluding carboxylic acids is 1. The number of rotatable bonds is 3. The highest BCUT2D eigenvalue weighted by Crippen LogP contribution is 2.21. The quantitative estimate of drug-likeness (QED) is 0.925. The maximum Gasteiger partial charge on any atom is 0.407 e. The van der Waals surface area contributed by atoms with Gasteiger partial charge in [0.2, 0.25) is 0 Å². The molecule has 0 saturated carbocycles. The first kappa shape index (κ1) is 16.8. The fourth-order valence-corrected chi connectivity index (χ4v) is 2.49. The van der Waals surface area contributed by atoms with E-state index in [1.54, 1.807) is 6.07 Å². The van der Waals surface area contributed by atoms with Crippen molar-refractivity contribution in [3.05, 3.63) is 17.3 Å². The third kappa shape index (κ3) is 5.33. The Balaban J connectivity index is 1.73. The van der Waals surface area contributed by atoms with Gasteiger partial charge in [0.05, 0.1) is 0 Å². The zero-order valence-corrected chi connectivity index (χ0v) is 14.1.